The van der Waals surface area contributed by atoms with Gasteiger partial charge in [-0.3, -0.25) is 14.6 Å². The molecule has 1 aromatic heterocycles. The molecule has 22 heavy (non-hydrogen) atoms. The van der Waals surface area contributed by atoms with E-state index in [1.807, 2.05) is 18.2 Å². The lowest BCUT2D eigenvalue weighted by molar-refractivity contribution is -0.125. The lowest BCUT2D eigenvalue weighted by Crippen LogP contribution is -2.44. The fourth-order valence-electron chi connectivity index (χ4n) is 3.08. The van der Waals surface area contributed by atoms with Gasteiger partial charge in [0.1, 0.15) is 0 Å². The van der Waals surface area contributed by atoms with Gasteiger partial charge in [-0.25, -0.2) is 0 Å². The van der Waals surface area contributed by atoms with E-state index in [-0.39, 0.29) is 23.8 Å². The van der Waals surface area contributed by atoms with Gasteiger partial charge in [0.15, 0.2) is 0 Å². The van der Waals surface area contributed by atoms with Crippen LogP contribution in [0.15, 0.2) is 24.4 Å². The van der Waals surface area contributed by atoms with Crippen molar-refractivity contribution in [2.45, 2.75) is 57.4 Å². The van der Waals surface area contributed by atoms with Crippen molar-refractivity contribution in [3.63, 3.8) is 0 Å². The van der Waals surface area contributed by atoms with Crippen LogP contribution in [0.25, 0.3) is 0 Å². The predicted molar refractivity (Wildman–Crippen MR) is 84.9 cm³/mol. The van der Waals surface area contributed by atoms with Gasteiger partial charge in [-0.2, -0.15) is 0 Å². The predicted octanol–water partition coefficient (Wildman–Crippen LogP) is 1.95. The third kappa shape index (κ3) is 5.13. The quantitative estimate of drug-likeness (QED) is 0.788. The van der Waals surface area contributed by atoms with E-state index in [1.54, 1.807) is 6.20 Å². The van der Waals surface area contributed by atoms with Gasteiger partial charge in [-0.05, 0) is 37.8 Å². The molecule has 2 rings (SSSR count). The van der Waals surface area contributed by atoms with E-state index in [1.165, 1.54) is 0 Å². The number of pyridine rings is 1. The highest BCUT2D eigenvalue weighted by molar-refractivity contribution is 5.80. The standard InChI is InChI=1S/C17H25N3O2/c18-17(22)14-9-2-1-3-10-15(14)20-16(21)11-6-8-13-7-4-5-12-19-13/h4-5,7,12,14-15H,1-3,6,8-11H2,(H2,18,22)(H,20,21)/t14-,15-/m0/s1. The van der Waals surface area contributed by atoms with Crippen LogP contribution in [0, 0.1) is 5.92 Å². The number of aromatic nitrogens is 1. The number of carbonyl (C=O) groups excluding carboxylic acids is 2. The number of amides is 2. The molecule has 120 valence electrons. The second-order valence-corrected chi connectivity index (χ2v) is 6.00. The minimum absolute atomic E-state index is 0.00841. The highest BCUT2D eigenvalue weighted by atomic mass is 16.2. The molecule has 1 heterocycles. The molecule has 0 aliphatic heterocycles. The molecule has 1 aliphatic rings. The summed E-state index contributed by atoms with van der Waals surface area (Å²) in [6.07, 6.45) is 8.57. The van der Waals surface area contributed by atoms with Crippen molar-refractivity contribution >= 4 is 11.8 Å². The van der Waals surface area contributed by atoms with Crippen molar-refractivity contribution in [1.29, 1.82) is 0 Å². The molecule has 0 saturated heterocycles. The maximum Gasteiger partial charge on any atom is 0.222 e. The summed E-state index contributed by atoms with van der Waals surface area (Å²) >= 11 is 0. The van der Waals surface area contributed by atoms with Gasteiger partial charge in [0.05, 0.1) is 5.92 Å². The third-order valence-corrected chi connectivity index (χ3v) is 4.29. The molecule has 1 saturated carbocycles. The molecule has 1 aromatic rings. The maximum atomic E-state index is 12.1. The van der Waals surface area contributed by atoms with Gasteiger partial charge in [0, 0.05) is 24.4 Å². The summed E-state index contributed by atoms with van der Waals surface area (Å²) in [7, 11) is 0. The van der Waals surface area contributed by atoms with Crippen molar-refractivity contribution in [2.75, 3.05) is 0 Å². The van der Waals surface area contributed by atoms with Crippen LogP contribution in [0.1, 0.15) is 50.6 Å². The minimum atomic E-state index is -0.291. The Hall–Kier alpha value is -1.91. The molecule has 5 nitrogen and oxygen atoms in total. The average molecular weight is 303 g/mol. The molecule has 1 fully saturated rings. The highest BCUT2D eigenvalue weighted by Gasteiger charge is 2.28. The Morgan fingerprint density at radius 2 is 2.05 bits per heavy atom. The number of nitrogens with zero attached hydrogens (tertiary/aromatic N) is 1. The SMILES string of the molecule is NC(=O)[C@H]1CCCCC[C@@H]1NC(=O)CCCc1ccccn1. The van der Waals surface area contributed by atoms with Crippen LogP contribution >= 0.6 is 0 Å². The van der Waals surface area contributed by atoms with Gasteiger partial charge >= 0.3 is 0 Å². The largest absolute Gasteiger partial charge is 0.369 e. The maximum absolute atomic E-state index is 12.1. The number of aryl methyl sites for hydroxylation is 1. The third-order valence-electron chi connectivity index (χ3n) is 4.29. The van der Waals surface area contributed by atoms with E-state index in [0.29, 0.717) is 6.42 Å². The fraction of sp³-hybridized carbons (Fsp3) is 0.588. The summed E-state index contributed by atoms with van der Waals surface area (Å²) in [6.45, 7) is 0. The Balaban J connectivity index is 1.78. The van der Waals surface area contributed by atoms with Crippen molar-refractivity contribution in [3.8, 4) is 0 Å². The fourth-order valence-corrected chi connectivity index (χ4v) is 3.08. The van der Waals surface area contributed by atoms with Crippen LogP contribution in [0.3, 0.4) is 0 Å². The summed E-state index contributed by atoms with van der Waals surface area (Å²) in [6, 6.07) is 5.70. The molecule has 5 heteroatoms. The first-order valence-corrected chi connectivity index (χ1v) is 8.15. The number of nitrogens with two attached hydrogens (primary N) is 1. The Morgan fingerprint density at radius 1 is 1.23 bits per heavy atom. The smallest absolute Gasteiger partial charge is 0.222 e. The monoisotopic (exact) mass is 303 g/mol. The molecule has 3 N–H and O–H groups in total. The van der Waals surface area contributed by atoms with Gasteiger partial charge < -0.3 is 11.1 Å². The van der Waals surface area contributed by atoms with Crippen molar-refractivity contribution in [2.24, 2.45) is 11.7 Å². The van der Waals surface area contributed by atoms with Crippen LogP contribution < -0.4 is 11.1 Å². The summed E-state index contributed by atoms with van der Waals surface area (Å²) < 4.78 is 0. The molecule has 1 aliphatic carbocycles. The Morgan fingerprint density at radius 3 is 2.77 bits per heavy atom. The number of rotatable bonds is 6. The first kappa shape index (κ1) is 16.5. The topological polar surface area (TPSA) is 85.1 Å². The van der Waals surface area contributed by atoms with Gasteiger partial charge in [0.25, 0.3) is 0 Å². The van der Waals surface area contributed by atoms with E-state index in [9.17, 15) is 9.59 Å². The first-order valence-electron chi connectivity index (χ1n) is 8.15. The molecular weight excluding hydrogens is 278 g/mol. The Bertz CT molecular complexity index is 490. The van der Waals surface area contributed by atoms with Crippen LogP contribution in [-0.4, -0.2) is 22.8 Å². The lowest BCUT2D eigenvalue weighted by atomic mass is 9.94. The molecule has 2 atom stereocenters. The zero-order chi connectivity index (χ0) is 15.8. The summed E-state index contributed by atoms with van der Waals surface area (Å²) in [5.74, 6) is -0.503. The van der Waals surface area contributed by atoms with Gasteiger partial charge in [-0.15, -0.1) is 0 Å². The van der Waals surface area contributed by atoms with Crippen molar-refractivity contribution in [3.05, 3.63) is 30.1 Å². The summed E-state index contributed by atoms with van der Waals surface area (Å²) in [5.41, 5.74) is 6.48. The molecule has 0 bridgehead atoms. The van der Waals surface area contributed by atoms with Crippen LogP contribution in [0.5, 0.6) is 0 Å². The average Bonchev–Trinajstić information content (AvgIpc) is 2.74. The zero-order valence-electron chi connectivity index (χ0n) is 13.0. The van der Waals surface area contributed by atoms with E-state index >= 15 is 0 Å². The lowest BCUT2D eigenvalue weighted by Gasteiger charge is -2.23. The molecular formula is C17H25N3O2. The Labute approximate surface area is 131 Å². The van der Waals surface area contributed by atoms with Gasteiger partial charge in [-0.1, -0.05) is 25.3 Å². The van der Waals surface area contributed by atoms with E-state index in [2.05, 4.69) is 10.3 Å². The summed E-state index contributed by atoms with van der Waals surface area (Å²) in [4.78, 5) is 27.9. The minimum Gasteiger partial charge on any atom is -0.369 e. The van der Waals surface area contributed by atoms with Crippen molar-refractivity contribution < 1.29 is 9.59 Å². The molecule has 2 amide bonds. The number of primary amides is 1. The number of carbonyl (C=O) groups is 2. The van der Waals surface area contributed by atoms with Gasteiger partial charge in [0.2, 0.25) is 11.8 Å². The molecule has 0 aromatic carbocycles. The molecule has 0 unspecified atom stereocenters. The number of hydrogen-bond acceptors (Lipinski definition) is 3. The summed E-state index contributed by atoms with van der Waals surface area (Å²) in [5, 5.41) is 3.02. The molecule has 0 radical (unpaired) electrons. The second-order valence-electron chi connectivity index (χ2n) is 6.00. The van der Waals surface area contributed by atoms with E-state index < -0.39 is 0 Å². The normalized spacial score (nSPS) is 21.8. The number of hydrogen-bond donors (Lipinski definition) is 2. The number of nitrogens with one attached hydrogen (secondary N) is 1. The van der Waals surface area contributed by atoms with Crippen LogP contribution in [0.2, 0.25) is 0 Å². The first-order chi connectivity index (χ1) is 10.7. The van der Waals surface area contributed by atoms with E-state index in [0.717, 1.165) is 50.6 Å². The molecule has 0 spiro atoms. The zero-order valence-corrected chi connectivity index (χ0v) is 13.0. The second kappa shape index (κ2) is 8.51. The van der Waals surface area contributed by atoms with Crippen molar-refractivity contribution in [1.82, 2.24) is 10.3 Å². The highest BCUT2D eigenvalue weighted by Crippen LogP contribution is 2.23. The van der Waals surface area contributed by atoms with E-state index in [4.69, 9.17) is 5.73 Å². The Kier molecular flexibility index (Phi) is 6.37. The van der Waals surface area contributed by atoms with Crippen LogP contribution in [-0.2, 0) is 16.0 Å². The van der Waals surface area contributed by atoms with Crippen LogP contribution in [0.4, 0.5) is 0 Å².